The Kier molecular flexibility index (Phi) is 4.98. The molecule has 0 aliphatic rings. The molecule has 0 saturated carbocycles. The molecule has 2 rings (SSSR count). The minimum atomic E-state index is -4.77. The third kappa shape index (κ3) is 4.82. The summed E-state index contributed by atoms with van der Waals surface area (Å²) in [5.74, 6) is -0.930. The van der Waals surface area contributed by atoms with Gasteiger partial charge in [-0.25, -0.2) is 0 Å². The third-order valence-electron chi connectivity index (χ3n) is 2.49. The number of ether oxygens (including phenoxy) is 1. The van der Waals surface area contributed by atoms with Crippen LogP contribution >= 0.6 is 11.3 Å². The molecule has 2 aromatic rings. The van der Waals surface area contributed by atoms with E-state index in [4.69, 9.17) is 5.26 Å². The lowest BCUT2D eigenvalue weighted by molar-refractivity contribution is -0.274. The van der Waals surface area contributed by atoms with Gasteiger partial charge >= 0.3 is 6.36 Å². The summed E-state index contributed by atoms with van der Waals surface area (Å²) < 4.78 is 39.8. The number of rotatable bonds is 5. The summed E-state index contributed by atoms with van der Waals surface area (Å²) >= 11 is 1.30. The van der Waals surface area contributed by atoms with E-state index in [2.05, 4.69) is 15.3 Å². The van der Waals surface area contributed by atoms with Crippen LogP contribution in [-0.2, 0) is 0 Å². The molecule has 23 heavy (non-hydrogen) atoms. The van der Waals surface area contributed by atoms with Crippen molar-refractivity contribution >= 4 is 28.5 Å². The SMILES string of the molecule is N#C/C(=N/Nc1ccc(OC(F)(F)F)cc1)C(=O)c1ccsc1. The average Bonchev–Trinajstić information content (AvgIpc) is 3.02. The van der Waals surface area contributed by atoms with Crippen LogP contribution < -0.4 is 10.2 Å². The molecule has 0 aliphatic carbocycles. The lowest BCUT2D eigenvalue weighted by Gasteiger charge is -2.09. The second-order valence-corrected chi connectivity index (χ2v) is 4.88. The van der Waals surface area contributed by atoms with Gasteiger partial charge in [-0.1, -0.05) is 0 Å². The molecule has 1 aromatic carbocycles. The Hall–Kier alpha value is -2.86. The summed E-state index contributed by atoms with van der Waals surface area (Å²) in [5.41, 5.74) is 2.71. The smallest absolute Gasteiger partial charge is 0.406 e. The van der Waals surface area contributed by atoms with Crippen molar-refractivity contribution in [3.63, 3.8) is 0 Å². The summed E-state index contributed by atoms with van der Waals surface area (Å²) in [6.45, 7) is 0. The highest BCUT2D eigenvalue weighted by Crippen LogP contribution is 2.23. The zero-order valence-electron chi connectivity index (χ0n) is 11.3. The van der Waals surface area contributed by atoms with Crippen molar-refractivity contribution in [3.8, 4) is 11.8 Å². The van der Waals surface area contributed by atoms with Crippen molar-refractivity contribution in [1.29, 1.82) is 5.26 Å². The molecule has 5 nitrogen and oxygen atoms in total. The van der Waals surface area contributed by atoms with Crippen molar-refractivity contribution in [1.82, 2.24) is 0 Å². The molecule has 0 saturated heterocycles. The number of halogens is 3. The first-order chi connectivity index (χ1) is 10.9. The molecular weight excluding hydrogens is 331 g/mol. The van der Waals surface area contributed by atoms with E-state index in [-0.39, 0.29) is 11.5 Å². The quantitative estimate of drug-likeness (QED) is 0.510. The van der Waals surface area contributed by atoms with E-state index in [0.717, 1.165) is 12.1 Å². The van der Waals surface area contributed by atoms with Crippen LogP contribution in [-0.4, -0.2) is 17.9 Å². The van der Waals surface area contributed by atoms with E-state index in [9.17, 15) is 18.0 Å². The number of benzene rings is 1. The number of alkyl halides is 3. The second-order valence-electron chi connectivity index (χ2n) is 4.10. The van der Waals surface area contributed by atoms with Crippen LogP contribution in [0.4, 0.5) is 18.9 Å². The van der Waals surface area contributed by atoms with Crippen LogP contribution in [0.2, 0.25) is 0 Å². The standard InChI is InChI=1S/C14H8F3N3O2S/c15-14(16,17)22-11-3-1-10(2-4-11)19-20-12(7-18)13(21)9-5-6-23-8-9/h1-6,8,19H/b20-12-. The Bertz CT molecular complexity index is 747. The molecular formula is C14H8F3N3O2S. The monoisotopic (exact) mass is 339 g/mol. The lowest BCUT2D eigenvalue weighted by atomic mass is 10.1. The molecule has 1 heterocycles. The van der Waals surface area contributed by atoms with E-state index in [1.807, 2.05) is 0 Å². The highest BCUT2D eigenvalue weighted by Gasteiger charge is 2.30. The van der Waals surface area contributed by atoms with Crippen LogP contribution in [0, 0.1) is 11.3 Å². The fourth-order valence-electron chi connectivity index (χ4n) is 1.51. The summed E-state index contributed by atoms with van der Waals surface area (Å²) in [5, 5.41) is 15.9. The molecule has 0 atom stereocenters. The van der Waals surface area contributed by atoms with Crippen molar-refractivity contribution in [2.24, 2.45) is 5.10 Å². The summed E-state index contributed by atoms with van der Waals surface area (Å²) in [7, 11) is 0. The van der Waals surface area contributed by atoms with E-state index >= 15 is 0 Å². The molecule has 0 amide bonds. The predicted molar refractivity (Wildman–Crippen MR) is 78.4 cm³/mol. The maximum atomic E-state index is 12.0. The topological polar surface area (TPSA) is 74.5 Å². The highest BCUT2D eigenvalue weighted by atomic mass is 32.1. The lowest BCUT2D eigenvalue weighted by Crippen LogP contribution is -2.17. The number of anilines is 1. The van der Waals surface area contributed by atoms with Crippen molar-refractivity contribution in [2.75, 3.05) is 5.43 Å². The van der Waals surface area contributed by atoms with Crippen LogP contribution in [0.25, 0.3) is 0 Å². The van der Waals surface area contributed by atoms with Crippen LogP contribution in [0.5, 0.6) is 5.75 Å². The molecule has 0 bridgehead atoms. The Morgan fingerprint density at radius 1 is 1.26 bits per heavy atom. The molecule has 0 spiro atoms. The number of hydrogen-bond acceptors (Lipinski definition) is 6. The number of thiophene rings is 1. The van der Waals surface area contributed by atoms with Crippen LogP contribution in [0.1, 0.15) is 10.4 Å². The maximum absolute atomic E-state index is 12.0. The van der Waals surface area contributed by atoms with Gasteiger partial charge in [-0.3, -0.25) is 10.2 Å². The van der Waals surface area contributed by atoms with E-state index in [1.54, 1.807) is 22.9 Å². The maximum Gasteiger partial charge on any atom is 0.573 e. The van der Waals surface area contributed by atoms with Crippen molar-refractivity contribution < 1.29 is 22.7 Å². The number of carbonyl (C=O) groups excluding carboxylic acids is 1. The van der Waals surface area contributed by atoms with Gasteiger partial charge < -0.3 is 4.74 Å². The Balaban J connectivity index is 2.06. The molecule has 0 radical (unpaired) electrons. The van der Waals surface area contributed by atoms with Crippen LogP contribution in [0.3, 0.4) is 0 Å². The van der Waals surface area contributed by atoms with Gasteiger partial charge in [0.05, 0.1) is 5.69 Å². The van der Waals surface area contributed by atoms with Gasteiger partial charge in [-0.2, -0.15) is 21.7 Å². The van der Waals surface area contributed by atoms with Gasteiger partial charge in [-0.15, -0.1) is 13.2 Å². The molecule has 1 aromatic heterocycles. The van der Waals surface area contributed by atoms with Gasteiger partial charge in [0, 0.05) is 10.9 Å². The first-order valence-corrected chi connectivity index (χ1v) is 7.00. The predicted octanol–water partition coefficient (Wildman–Crippen LogP) is 3.82. The molecule has 118 valence electrons. The number of ketones is 1. The van der Waals surface area contributed by atoms with Crippen LogP contribution in [0.15, 0.2) is 46.2 Å². The molecule has 1 N–H and O–H groups in total. The molecule has 0 unspecified atom stereocenters. The molecule has 9 heteroatoms. The zero-order valence-corrected chi connectivity index (χ0v) is 12.1. The number of Topliss-reactive ketones (excluding diaryl/α,β-unsaturated/α-hetero) is 1. The summed E-state index contributed by atoms with van der Waals surface area (Å²) in [6.07, 6.45) is -4.77. The van der Waals surface area contributed by atoms with E-state index < -0.39 is 12.1 Å². The first-order valence-electron chi connectivity index (χ1n) is 6.05. The molecule has 0 fully saturated rings. The summed E-state index contributed by atoms with van der Waals surface area (Å²) in [4.78, 5) is 11.9. The van der Waals surface area contributed by atoms with Crippen molar-refractivity contribution in [2.45, 2.75) is 6.36 Å². The van der Waals surface area contributed by atoms with Gasteiger partial charge in [0.25, 0.3) is 0 Å². The van der Waals surface area contributed by atoms with Gasteiger partial charge in [-0.05, 0) is 35.7 Å². The molecule has 0 aliphatic heterocycles. The third-order valence-corrected chi connectivity index (χ3v) is 3.17. The average molecular weight is 339 g/mol. The minimum absolute atomic E-state index is 0.297. The van der Waals surface area contributed by atoms with E-state index in [1.165, 1.54) is 23.5 Å². The Morgan fingerprint density at radius 2 is 1.96 bits per heavy atom. The highest BCUT2D eigenvalue weighted by molar-refractivity contribution is 7.08. The second kappa shape index (κ2) is 6.93. The fraction of sp³-hybridized carbons (Fsp3) is 0.0714. The number of hydrazone groups is 1. The minimum Gasteiger partial charge on any atom is -0.406 e. The summed E-state index contributed by atoms with van der Waals surface area (Å²) in [6, 6.07) is 7.94. The van der Waals surface area contributed by atoms with Crippen molar-refractivity contribution in [3.05, 3.63) is 46.7 Å². The fourth-order valence-corrected chi connectivity index (χ4v) is 2.14. The Labute approximate surface area is 132 Å². The normalized spacial score (nSPS) is 11.7. The van der Waals surface area contributed by atoms with E-state index in [0.29, 0.717) is 11.3 Å². The Morgan fingerprint density at radius 3 is 2.48 bits per heavy atom. The largest absolute Gasteiger partial charge is 0.573 e. The zero-order chi connectivity index (χ0) is 16.9. The first kappa shape index (κ1) is 16.5. The van der Waals surface area contributed by atoms with Gasteiger partial charge in [0.15, 0.2) is 0 Å². The number of nitriles is 1. The number of nitrogens with one attached hydrogen (secondary N) is 1. The number of carbonyl (C=O) groups is 1. The number of hydrogen-bond donors (Lipinski definition) is 1. The van der Waals surface area contributed by atoms with Gasteiger partial charge in [0.2, 0.25) is 11.5 Å². The number of nitrogens with zero attached hydrogens (tertiary/aromatic N) is 2. The van der Waals surface area contributed by atoms with Gasteiger partial charge in [0.1, 0.15) is 11.8 Å².